The lowest BCUT2D eigenvalue weighted by Gasteiger charge is -2.30. The Morgan fingerprint density at radius 2 is 1.75 bits per heavy atom. The van der Waals surface area contributed by atoms with Crippen LogP contribution >= 0.6 is 11.3 Å². The number of carbonyl (C=O) groups is 1. The van der Waals surface area contributed by atoms with Crippen LogP contribution in [0.4, 0.5) is 5.82 Å². The minimum absolute atomic E-state index is 0.0356. The number of para-hydroxylation sites is 1. The van der Waals surface area contributed by atoms with Crippen LogP contribution in [0.2, 0.25) is 0 Å². The Labute approximate surface area is 190 Å². The summed E-state index contributed by atoms with van der Waals surface area (Å²) in [5, 5.41) is 14.5. The van der Waals surface area contributed by atoms with Crippen LogP contribution in [-0.2, 0) is 0 Å². The number of carbonyl (C=O) groups excluding carboxylic acids is 1. The zero-order chi connectivity index (χ0) is 22.1. The highest BCUT2D eigenvalue weighted by Gasteiger charge is 2.25. The van der Waals surface area contributed by atoms with Gasteiger partial charge in [-0.1, -0.05) is 24.3 Å². The molecule has 0 saturated heterocycles. The highest BCUT2D eigenvalue weighted by molar-refractivity contribution is 7.12. The number of thiophene rings is 1. The van der Waals surface area contributed by atoms with E-state index in [9.17, 15) is 4.79 Å². The molecule has 0 unspecified atom stereocenters. The Morgan fingerprint density at radius 3 is 2.47 bits per heavy atom. The molecule has 7 nitrogen and oxygen atoms in total. The van der Waals surface area contributed by atoms with E-state index in [0.29, 0.717) is 11.9 Å². The minimum atomic E-state index is 0.0356. The van der Waals surface area contributed by atoms with Crippen LogP contribution in [0.15, 0.2) is 47.8 Å². The van der Waals surface area contributed by atoms with E-state index < -0.39 is 0 Å². The molecular weight excluding hydrogens is 420 g/mol. The number of nitrogens with zero attached hydrogens (tertiary/aromatic N) is 4. The highest BCUT2D eigenvalue weighted by Crippen LogP contribution is 2.29. The van der Waals surface area contributed by atoms with E-state index in [0.717, 1.165) is 58.8 Å². The van der Waals surface area contributed by atoms with Crippen LogP contribution in [0, 0.1) is 13.8 Å². The van der Waals surface area contributed by atoms with Crippen LogP contribution in [-0.4, -0.2) is 37.7 Å². The number of aryl methyl sites for hydroxylation is 2. The summed E-state index contributed by atoms with van der Waals surface area (Å²) in [5.74, 6) is 1.60. The topological polar surface area (TPSA) is 84.7 Å². The van der Waals surface area contributed by atoms with Gasteiger partial charge >= 0.3 is 0 Å². The predicted octanol–water partition coefficient (Wildman–Crippen LogP) is 4.65. The second-order valence-electron chi connectivity index (χ2n) is 8.29. The third kappa shape index (κ3) is 4.10. The summed E-state index contributed by atoms with van der Waals surface area (Å²) in [7, 11) is 0. The Kier molecular flexibility index (Phi) is 5.61. The molecule has 1 saturated carbocycles. The van der Waals surface area contributed by atoms with Crippen LogP contribution in [0.25, 0.3) is 16.7 Å². The Hall–Kier alpha value is -3.26. The molecule has 1 aromatic carbocycles. The van der Waals surface area contributed by atoms with E-state index in [-0.39, 0.29) is 11.9 Å². The SMILES string of the molecule is Cc1nc(NC2CCC(NC(=O)c3cccs3)CC2)c2c(C)nn(-c3ccccc3)c2n1. The van der Waals surface area contributed by atoms with Gasteiger partial charge in [-0.3, -0.25) is 4.79 Å². The normalized spacial score (nSPS) is 18.6. The molecule has 5 rings (SSSR count). The number of amides is 1. The van der Waals surface area contributed by atoms with E-state index in [1.807, 2.05) is 66.4 Å². The lowest BCUT2D eigenvalue weighted by Crippen LogP contribution is -2.40. The summed E-state index contributed by atoms with van der Waals surface area (Å²) in [4.78, 5) is 22.5. The van der Waals surface area contributed by atoms with Gasteiger partial charge in [-0.05, 0) is 63.1 Å². The standard InChI is InChI=1S/C24H26N6OS/c1-15-21-22(25-16(2)26-23(21)30(29-15)19-7-4-3-5-8-19)27-17-10-12-18(13-11-17)28-24(31)20-9-6-14-32-20/h3-9,14,17-18H,10-13H2,1-2H3,(H,28,31)(H,25,26,27). The van der Waals surface area contributed by atoms with Crippen LogP contribution in [0.1, 0.15) is 46.9 Å². The molecule has 164 valence electrons. The van der Waals surface area contributed by atoms with Crippen molar-refractivity contribution < 1.29 is 4.79 Å². The number of fused-ring (bicyclic) bond motifs is 1. The van der Waals surface area contributed by atoms with Crippen molar-refractivity contribution in [3.63, 3.8) is 0 Å². The van der Waals surface area contributed by atoms with Crippen LogP contribution in [0.3, 0.4) is 0 Å². The average molecular weight is 447 g/mol. The van der Waals surface area contributed by atoms with Crippen molar-refractivity contribution >= 4 is 34.1 Å². The van der Waals surface area contributed by atoms with Gasteiger partial charge in [0.1, 0.15) is 11.6 Å². The van der Waals surface area contributed by atoms with E-state index in [1.165, 1.54) is 11.3 Å². The number of hydrogen-bond donors (Lipinski definition) is 2. The molecular formula is C24H26N6OS. The Balaban J connectivity index is 1.32. The second-order valence-corrected chi connectivity index (χ2v) is 9.24. The third-order valence-corrected chi connectivity index (χ3v) is 6.83. The van der Waals surface area contributed by atoms with Crippen molar-refractivity contribution in [2.24, 2.45) is 0 Å². The number of benzene rings is 1. The first-order valence-corrected chi connectivity index (χ1v) is 11.9. The molecule has 4 aromatic rings. The van der Waals surface area contributed by atoms with Gasteiger partial charge in [-0.15, -0.1) is 11.3 Å². The smallest absolute Gasteiger partial charge is 0.261 e. The van der Waals surface area contributed by atoms with Crippen molar-refractivity contribution in [3.05, 3.63) is 64.2 Å². The first-order valence-electron chi connectivity index (χ1n) is 11.0. The maximum atomic E-state index is 12.3. The van der Waals surface area contributed by atoms with E-state index >= 15 is 0 Å². The van der Waals surface area contributed by atoms with Crippen LogP contribution in [0.5, 0.6) is 0 Å². The molecule has 1 aliphatic carbocycles. The fourth-order valence-electron chi connectivity index (χ4n) is 4.38. The maximum absolute atomic E-state index is 12.3. The van der Waals surface area contributed by atoms with E-state index in [2.05, 4.69) is 10.6 Å². The molecule has 3 aromatic heterocycles. The Morgan fingerprint density at radius 1 is 1.00 bits per heavy atom. The lowest BCUT2D eigenvalue weighted by atomic mass is 9.91. The molecule has 1 amide bonds. The first-order chi connectivity index (χ1) is 15.6. The molecule has 8 heteroatoms. The Bertz CT molecular complexity index is 1230. The lowest BCUT2D eigenvalue weighted by molar-refractivity contribution is 0.0930. The molecule has 0 atom stereocenters. The molecule has 2 N–H and O–H groups in total. The number of rotatable bonds is 5. The summed E-state index contributed by atoms with van der Waals surface area (Å²) >= 11 is 1.48. The van der Waals surface area contributed by atoms with Crippen molar-refractivity contribution in [2.45, 2.75) is 51.6 Å². The monoisotopic (exact) mass is 446 g/mol. The van der Waals surface area contributed by atoms with Crippen molar-refractivity contribution in [2.75, 3.05) is 5.32 Å². The average Bonchev–Trinajstić information content (AvgIpc) is 3.44. The molecule has 0 radical (unpaired) electrons. The minimum Gasteiger partial charge on any atom is -0.367 e. The number of nitrogens with one attached hydrogen (secondary N) is 2. The summed E-state index contributed by atoms with van der Waals surface area (Å²) in [6.45, 7) is 3.92. The molecule has 0 spiro atoms. The molecule has 1 fully saturated rings. The van der Waals surface area contributed by atoms with Crippen molar-refractivity contribution in [1.29, 1.82) is 0 Å². The van der Waals surface area contributed by atoms with Gasteiger partial charge in [0.05, 0.1) is 21.6 Å². The zero-order valence-electron chi connectivity index (χ0n) is 18.2. The molecule has 1 aliphatic rings. The number of aromatic nitrogens is 4. The molecule has 32 heavy (non-hydrogen) atoms. The fourth-order valence-corrected chi connectivity index (χ4v) is 5.01. The summed E-state index contributed by atoms with van der Waals surface area (Å²) in [5.41, 5.74) is 2.71. The molecule has 3 heterocycles. The van der Waals surface area contributed by atoms with Gasteiger partial charge in [0, 0.05) is 12.1 Å². The van der Waals surface area contributed by atoms with Crippen LogP contribution < -0.4 is 10.6 Å². The molecule has 0 bridgehead atoms. The van der Waals surface area contributed by atoms with E-state index in [4.69, 9.17) is 15.1 Å². The third-order valence-electron chi connectivity index (χ3n) is 5.96. The fraction of sp³-hybridized carbons (Fsp3) is 0.333. The van der Waals surface area contributed by atoms with Gasteiger partial charge in [0.25, 0.3) is 5.91 Å². The van der Waals surface area contributed by atoms with E-state index in [1.54, 1.807) is 0 Å². The highest BCUT2D eigenvalue weighted by atomic mass is 32.1. The largest absolute Gasteiger partial charge is 0.367 e. The number of hydrogen-bond acceptors (Lipinski definition) is 6. The second kappa shape index (κ2) is 8.70. The van der Waals surface area contributed by atoms with Gasteiger partial charge < -0.3 is 10.6 Å². The molecule has 0 aliphatic heterocycles. The number of anilines is 1. The summed E-state index contributed by atoms with van der Waals surface area (Å²) < 4.78 is 1.89. The van der Waals surface area contributed by atoms with Gasteiger partial charge in [-0.25, -0.2) is 14.6 Å². The zero-order valence-corrected chi connectivity index (χ0v) is 19.0. The quantitative estimate of drug-likeness (QED) is 0.466. The van der Waals surface area contributed by atoms with Gasteiger partial charge in [0.2, 0.25) is 0 Å². The first kappa shape index (κ1) is 20.6. The van der Waals surface area contributed by atoms with Gasteiger partial charge in [0.15, 0.2) is 5.65 Å². The summed E-state index contributed by atoms with van der Waals surface area (Å²) in [6, 6.07) is 14.4. The van der Waals surface area contributed by atoms with Crippen molar-refractivity contribution in [1.82, 2.24) is 25.1 Å². The summed E-state index contributed by atoms with van der Waals surface area (Å²) in [6.07, 6.45) is 3.85. The maximum Gasteiger partial charge on any atom is 0.261 e. The van der Waals surface area contributed by atoms with Gasteiger partial charge in [-0.2, -0.15) is 5.10 Å². The van der Waals surface area contributed by atoms with Crippen molar-refractivity contribution in [3.8, 4) is 5.69 Å². The predicted molar refractivity (Wildman–Crippen MR) is 128 cm³/mol.